The minimum absolute atomic E-state index is 0.0139. The number of aryl methyl sites for hydroxylation is 1. The number of rotatable bonds is 3. The molecule has 16 heavy (non-hydrogen) atoms. The van der Waals surface area contributed by atoms with Crippen LogP contribution in [0.2, 0.25) is 0 Å². The van der Waals surface area contributed by atoms with Crippen molar-refractivity contribution in [2.75, 3.05) is 0 Å². The molecule has 0 radical (unpaired) electrons. The van der Waals surface area contributed by atoms with E-state index < -0.39 is 0 Å². The number of pyridine rings is 1. The van der Waals surface area contributed by atoms with Gasteiger partial charge in [0.05, 0.1) is 12.4 Å². The Morgan fingerprint density at radius 1 is 1.38 bits per heavy atom. The van der Waals surface area contributed by atoms with Crippen LogP contribution in [-0.4, -0.2) is 14.8 Å². The van der Waals surface area contributed by atoms with E-state index in [1.54, 1.807) is 29.3 Å². The average Bonchev–Trinajstić information content (AvgIpc) is 2.65. The first-order valence-corrected chi connectivity index (χ1v) is 5.03. The van der Waals surface area contributed by atoms with Crippen molar-refractivity contribution in [2.24, 2.45) is 12.8 Å². The van der Waals surface area contributed by atoms with Crippen LogP contribution < -0.4 is 10.5 Å². The largest absolute Gasteiger partial charge is 0.436 e. The predicted octanol–water partition coefficient (Wildman–Crippen LogP) is 1.63. The van der Waals surface area contributed by atoms with Gasteiger partial charge in [0.2, 0.25) is 5.88 Å². The van der Waals surface area contributed by atoms with Gasteiger partial charge in [-0.05, 0) is 12.5 Å². The summed E-state index contributed by atoms with van der Waals surface area (Å²) in [5, 5.41) is 4.00. The van der Waals surface area contributed by atoms with Gasteiger partial charge in [-0.1, -0.05) is 6.07 Å². The zero-order valence-electron chi connectivity index (χ0n) is 9.29. The number of aromatic nitrogens is 3. The molecule has 2 heterocycles. The Morgan fingerprint density at radius 2 is 2.19 bits per heavy atom. The summed E-state index contributed by atoms with van der Waals surface area (Å²) in [5.74, 6) is 1.21. The SMILES string of the molecule is CC(N)c1ccc(Oc2cnn(C)c2)nc1. The molecule has 5 nitrogen and oxygen atoms in total. The maximum absolute atomic E-state index is 5.73. The van der Waals surface area contributed by atoms with E-state index >= 15 is 0 Å². The van der Waals surface area contributed by atoms with Crippen LogP contribution >= 0.6 is 0 Å². The van der Waals surface area contributed by atoms with Gasteiger partial charge in [-0.3, -0.25) is 4.68 Å². The van der Waals surface area contributed by atoms with Crippen LogP contribution in [0.3, 0.4) is 0 Å². The molecule has 0 aromatic carbocycles. The smallest absolute Gasteiger partial charge is 0.219 e. The molecular formula is C11H14N4O. The minimum atomic E-state index is -0.0139. The van der Waals surface area contributed by atoms with Crippen molar-refractivity contribution in [3.8, 4) is 11.6 Å². The van der Waals surface area contributed by atoms with Crippen molar-refractivity contribution < 1.29 is 4.74 Å². The summed E-state index contributed by atoms with van der Waals surface area (Å²) < 4.78 is 7.17. The highest BCUT2D eigenvalue weighted by atomic mass is 16.5. The van der Waals surface area contributed by atoms with Crippen molar-refractivity contribution in [1.29, 1.82) is 0 Å². The zero-order chi connectivity index (χ0) is 11.5. The van der Waals surface area contributed by atoms with Crippen LogP contribution in [0.5, 0.6) is 11.6 Å². The normalized spacial score (nSPS) is 12.4. The topological polar surface area (TPSA) is 66.0 Å². The van der Waals surface area contributed by atoms with Crippen LogP contribution in [0.15, 0.2) is 30.7 Å². The zero-order valence-corrected chi connectivity index (χ0v) is 9.29. The highest BCUT2D eigenvalue weighted by molar-refractivity contribution is 5.24. The van der Waals surface area contributed by atoms with E-state index in [1.807, 2.05) is 20.0 Å². The minimum Gasteiger partial charge on any atom is -0.436 e. The maximum Gasteiger partial charge on any atom is 0.219 e. The first kappa shape index (κ1) is 10.6. The summed E-state index contributed by atoms with van der Waals surface area (Å²) in [6, 6.07) is 3.69. The average molecular weight is 218 g/mol. The van der Waals surface area contributed by atoms with Gasteiger partial charge < -0.3 is 10.5 Å². The Labute approximate surface area is 93.9 Å². The lowest BCUT2D eigenvalue weighted by atomic mass is 10.2. The molecule has 2 rings (SSSR count). The lowest BCUT2D eigenvalue weighted by Gasteiger charge is -2.06. The monoisotopic (exact) mass is 218 g/mol. The summed E-state index contributed by atoms with van der Waals surface area (Å²) in [7, 11) is 1.83. The highest BCUT2D eigenvalue weighted by Crippen LogP contribution is 2.19. The molecule has 0 aliphatic carbocycles. The fourth-order valence-electron chi connectivity index (χ4n) is 1.29. The number of hydrogen-bond acceptors (Lipinski definition) is 4. The van der Waals surface area contributed by atoms with Crippen LogP contribution in [-0.2, 0) is 7.05 Å². The van der Waals surface area contributed by atoms with Gasteiger partial charge in [-0.15, -0.1) is 0 Å². The number of nitrogens with two attached hydrogens (primary N) is 1. The van der Waals surface area contributed by atoms with Crippen LogP contribution in [0, 0.1) is 0 Å². The van der Waals surface area contributed by atoms with E-state index in [0.717, 1.165) is 5.56 Å². The second-order valence-corrected chi connectivity index (χ2v) is 3.67. The van der Waals surface area contributed by atoms with E-state index in [9.17, 15) is 0 Å². The van der Waals surface area contributed by atoms with Crippen molar-refractivity contribution in [1.82, 2.24) is 14.8 Å². The number of hydrogen-bond donors (Lipinski definition) is 1. The van der Waals surface area contributed by atoms with Gasteiger partial charge in [0.15, 0.2) is 5.75 Å². The summed E-state index contributed by atoms with van der Waals surface area (Å²) >= 11 is 0. The van der Waals surface area contributed by atoms with Crippen LogP contribution in [0.1, 0.15) is 18.5 Å². The van der Waals surface area contributed by atoms with Gasteiger partial charge in [0.1, 0.15) is 0 Å². The Kier molecular flexibility index (Phi) is 2.87. The molecule has 0 spiro atoms. The van der Waals surface area contributed by atoms with Crippen molar-refractivity contribution in [3.63, 3.8) is 0 Å². The van der Waals surface area contributed by atoms with E-state index in [0.29, 0.717) is 11.6 Å². The number of ether oxygens (including phenoxy) is 1. The molecule has 2 aromatic heterocycles. The Bertz CT molecular complexity index is 461. The molecule has 0 amide bonds. The first-order valence-electron chi connectivity index (χ1n) is 5.03. The third kappa shape index (κ3) is 2.38. The van der Waals surface area contributed by atoms with E-state index in [1.165, 1.54) is 0 Å². The summed E-state index contributed by atoms with van der Waals surface area (Å²) in [5.41, 5.74) is 6.71. The Balaban J connectivity index is 2.11. The van der Waals surface area contributed by atoms with E-state index in [-0.39, 0.29) is 6.04 Å². The summed E-state index contributed by atoms with van der Waals surface area (Å²) in [6.45, 7) is 1.92. The Hall–Kier alpha value is -1.88. The first-order chi connectivity index (χ1) is 7.65. The second kappa shape index (κ2) is 4.32. The van der Waals surface area contributed by atoms with Gasteiger partial charge in [-0.25, -0.2) is 4.98 Å². The third-order valence-electron chi connectivity index (χ3n) is 2.19. The molecule has 0 aliphatic heterocycles. The molecule has 0 saturated carbocycles. The van der Waals surface area contributed by atoms with Gasteiger partial charge in [-0.2, -0.15) is 5.10 Å². The molecule has 84 valence electrons. The molecule has 1 atom stereocenters. The molecule has 1 unspecified atom stereocenters. The lowest BCUT2D eigenvalue weighted by molar-refractivity contribution is 0.461. The molecule has 0 bridgehead atoms. The fraction of sp³-hybridized carbons (Fsp3) is 0.273. The number of nitrogens with zero attached hydrogens (tertiary/aromatic N) is 3. The Morgan fingerprint density at radius 3 is 2.69 bits per heavy atom. The van der Waals surface area contributed by atoms with Crippen LogP contribution in [0.25, 0.3) is 0 Å². The molecule has 2 N–H and O–H groups in total. The van der Waals surface area contributed by atoms with Crippen molar-refractivity contribution >= 4 is 0 Å². The van der Waals surface area contributed by atoms with Gasteiger partial charge >= 0.3 is 0 Å². The fourth-order valence-corrected chi connectivity index (χ4v) is 1.29. The quantitative estimate of drug-likeness (QED) is 0.850. The third-order valence-corrected chi connectivity index (χ3v) is 2.19. The second-order valence-electron chi connectivity index (χ2n) is 3.67. The summed E-state index contributed by atoms with van der Waals surface area (Å²) in [6.07, 6.45) is 5.14. The standard InChI is InChI=1S/C11H14N4O/c1-8(12)9-3-4-11(13-5-9)16-10-6-14-15(2)7-10/h3-8H,12H2,1-2H3. The molecule has 0 saturated heterocycles. The molecule has 2 aromatic rings. The van der Waals surface area contributed by atoms with Crippen molar-refractivity contribution in [3.05, 3.63) is 36.3 Å². The van der Waals surface area contributed by atoms with Gasteiger partial charge in [0.25, 0.3) is 0 Å². The van der Waals surface area contributed by atoms with Crippen molar-refractivity contribution in [2.45, 2.75) is 13.0 Å². The molecule has 0 fully saturated rings. The van der Waals surface area contributed by atoms with E-state index in [4.69, 9.17) is 10.5 Å². The highest BCUT2D eigenvalue weighted by Gasteiger charge is 2.03. The lowest BCUT2D eigenvalue weighted by Crippen LogP contribution is -2.05. The maximum atomic E-state index is 5.73. The molecule has 5 heteroatoms. The predicted molar refractivity (Wildman–Crippen MR) is 60.1 cm³/mol. The molecule has 0 aliphatic rings. The summed E-state index contributed by atoms with van der Waals surface area (Å²) in [4.78, 5) is 4.17. The molecular weight excluding hydrogens is 204 g/mol. The van der Waals surface area contributed by atoms with Gasteiger partial charge in [0, 0.05) is 25.4 Å². The van der Waals surface area contributed by atoms with E-state index in [2.05, 4.69) is 10.1 Å². The van der Waals surface area contributed by atoms with Crippen LogP contribution in [0.4, 0.5) is 0 Å².